The van der Waals surface area contributed by atoms with Gasteiger partial charge in [-0.1, -0.05) is 6.07 Å². The van der Waals surface area contributed by atoms with Gasteiger partial charge in [0.1, 0.15) is 6.04 Å². The molecule has 0 spiro atoms. The topological polar surface area (TPSA) is 117 Å². The van der Waals surface area contributed by atoms with E-state index >= 15 is 0 Å². The molecule has 0 radical (unpaired) electrons. The maximum Gasteiger partial charge on any atom is 0.321 e. The first-order valence-corrected chi connectivity index (χ1v) is 9.01. The summed E-state index contributed by atoms with van der Waals surface area (Å²) < 4.78 is 26.7. The second kappa shape index (κ2) is 7.58. The number of aromatic nitrogens is 1. The Kier molecular flexibility index (Phi) is 5.70. The van der Waals surface area contributed by atoms with E-state index in [2.05, 4.69) is 10.3 Å². The van der Waals surface area contributed by atoms with Gasteiger partial charge in [0.2, 0.25) is 15.9 Å². The van der Waals surface area contributed by atoms with Crippen molar-refractivity contribution in [2.24, 2.45) is 0 Å². The third-order valence-electron chi connectivity index (χ3n) is 3.68. The van der Waals surface area contributed by atoms with Crippen molar-refractivity contribution in [2.75, 3.05) is 13.1 Å². The zero-order valence-corrected chi connectivity index (χ0v) is 14.7. The lowest BCUT2D eigenvalue weighted by Gasteiger charge is -2.26. The molecule has 8 nitrogen and oxygen atoms in total. The highest BCUT2D eigenvalue weighted by molar-refractivity contribution is 7.89. The van der Waals surface area contributed by atoms with Crippen LogP contribution in [0.1, 0.15) is 13.8 Å². The molecule has 25 heavy (non-hydrogen) atoms. The van der Waals surface area contributed by atoms with Crippen molar-refractivity contribution in [3.8, 4) is 0 Å². The van der Waals surface area contributed by atoms with E-state index in [1.807, 2.05) is 0 Å². The Morgan fingerprint density at radius 1 is 1.32 bits per heavy atom. The number of hydrogen-bond donors (Lipinski definition) is 2. The van der Waals surface area contributed by atoms with Crippen molar-refractivity contribution in [3.05, 3.63) is 36.5 Å². The van der Waals surface area contributed by atoms with Gasteiger partial charge in [-0.3, -0.25) is 14.6 Å². The summed E-state index contributed by atoms with van der Waals surface area (Å²) >= 11 is 0. The number of aliphatic carboxylic acids is 1. The molecule has 1 aromatic heterocycles. The highest BCUT2D eigenvalue weighted by Crippen LogP contribution is 2.22. The van der Waals surface area contributed by atoms with Crippen molar-refractivity contribution in [3.63, 3.8) is 0 Å². The van der Waals surface area contributed by atoms with E-state index in [1.54, 1.807) is 24.4 Å². The van der Waals surface area contributed by atoms with Crippen molar-refractivity contribution >= 4 is 32.8 Å². The molecule has 1 heterocycles. The second-order valence-corrected chi connectivity index (χ2v) is 7.36. The number of nitrogens with one attached hydrogen (secondary N) is 1. The summed E-state index contributed by atoms with van der Waals surface area (Å²) in [6, 6.07) is 6.56. The molecule has 0 bridgehead atoms. The van der Waals surface area contributed by atoms with E-state index in [4.69, 9.17) is 0 Å². The molecule has 0 aliphatic heterocycles. The quantitative estimate of drug-likeness (QED) is 0.751. The van der Waals surface area contributed by atoms with Gasteiger partial charge in [-0.05, 0) is 31.2 Å². The summed E-state index contributed by atoms with van der Waals surface area (Å²) in [4.78, 5) is 26.4. The van der Waals surface area contributed by atoms with Crippen molar-refractivity contribution < 1.29 is 23.1 Å². The van der Waals surface area contributed by atoms with E-state index in [9.17, 15) is 23.1 Å². The van der Waals surface area contributed by atoms with Crippen LogP contribution >= 0.6 is 0 Å². The normalized spacial score (nSPS) is 12.9. The van der Waals surface area contributed by atoms with Crippen LogP contribution in [-0.4, -0.2) is 53.8 Å². The number of hydrogen-bond acceptors (Lipinski definition) is 5. The minimum absolute atomic E-state index is 0.0152. The van der Waals surface area contributed by atoms with Crippen LogP contribution in [0.3, 0.4) is 0 Å². The van der Waals surface area contributed by atoms with Gasteiger partial charge in [0.05, 0.1) is 10.4 Å². The average molecular weight is 365 g/mol. The second-order valence-electron chi connectivity index (χ2n) is 5.47. The van der Waals surface area contributed by atoms with Crippen molar-refractivity contribution in [2.45, 2.75) is 24.8 Å². The molecule has 0 aliphatic carbocycles. The zero-order chi connectivity index (χ0) is 18.6. The summed E-state index contributed by atoms with van der Waals surface area (Å²) in [7, 11) is -4.06. The monoisotopic (exact) mass is 365 g/mol. The standard InChI is InChI=1S/C16H19N3O5S/c1-11(16(21)22)19(9-8-17-12(2)20)25(23,24)14-5-6-15-13(10-14)4-3-7-18-15/h3-7,10-11H,8-9H2,1-2H3,(H,17,20)(H,21,22). The smallest absolute Gasteiger partial charge is 0.321 e. The summed E-state index contributed by atoms with van der Waals surface area (Å²) in [5.41, 5.74) is 0.637. The van der Waals surface area contributed by atoms with Gasteiger partial charge >= 0.3 is 5.97 Å². The number of carbonyl (C=O) groups is 2. The predicted molar refractivity (Wildman–Crippen MR) is 91.4 cm³/mol. The highest BCUT2D eigenvalue weighted by Gasteiger charge is 2.32. The van der Waals surface area contributed by atoms with Crippen LogP contribution in [-0.2, 0) is 19.6 Å². The zero-order valence-electron chi connectivity index (χ0n) is 13.8. The predicted octanol–water partition coefficient (Wildman–Crippen LogP) is 0.835. The highest BCUT2D eigenvalue weighted by atomic mass is 32.2. The molecule has 1 unspecified atom stereocenters. The fourth-order valence-corrected chi connectivity index (χ4v) is 3.96. The van der Waals surface area contributed by atoms with Crippen LogP contribution in [0.2, 0.25) is 0 Å². The van der Waals surface area contributed by atoms with Crippen LogP contribution in [0.5, 0.6) is 0 Å². The number of carbonyl (C=O) groups excluding carboxylic acids is 1. The molecular weight excluding hydrogens is 346 g/mol. The molecule has 0 fully saturated rings. The largest absolute Gasteiger partial charge is 0.480 e. The van der Waals surface area contributed by atoms with Gasteiger partial charge in [-0.25, -0.2) is 8.42 Å². The van der Waals surface area contributed by atoms with Gasteiger partial charge in [0.25, 0.3) is 0 Å². The number of nitrogens with zero attached hydrogens (tertiary/aromatic N) is 2. The minimum atomic E-state index is -4.06. The number of sulfonamides is 1. The van der Waals surface area contributed by atoms with Crippen LogP contribution in [0.15, 0.2) is 41.4 Å². The van der Waals surface area contributed by atoms with Gasteiger partial charge in [0, 0.05) is 31.6 Å². The van der Waals surface area contributed by atoms with E-state index < -0.39 is 22.0 Å². The van der Waals surface area contributed by atoms with Crippen LogP contribution < -0.4 is 5.32 Å². The number of fused-ring (bicyclic) bond motifs is 1. The van der Waals surface area contributed by atoms with E-state index in [0.29, 0.717) is 10.9 Å². The van der Waals surface area contributed by atoms with Crippen LogP contribution in [0, 0.1) is 0 Å². The lowest BCUT2D eigenvalue weighted by Crippen LogP contribution is -2.46. The number of pyridine rings is 1. The van der Waals surface area contributed by atoms with E-state index in [1.165, 1.54) is 26.0 Å². The summed E-state index contributed by atoms with van der Waals surface area (Å²) in [5.74, 6) is -1.59. The third-order valence-corrected chi connectivity index (χ3v) is 5.64. The van der Waals surface area contributed by atoms with Gasteiger partial charge in [-0.15, -0.1) is 0 Å². The Labute approximate surface area is 145 Å². The summed E-state index contributed by atoms with van der Waals surface area (Å²) in [5, 5.41) is 12.3. The average Bonchev–Trinajstić information content (AvgIpc) is 2.57. The van der Waals surface area contributed by atoms with Crippen molar-refractivity contribution in [1.82, 2.24) is 14.6 Å². The number of carboxylic acids is 1. The fourth-order valence-electron chi connectivity index (χ4n) is 2.34. The molecule has 0 aliphatic rings. The maximum atomic E-state index is 12.9. The van der Waals surface area contributed by atoms with E-state index in [0.717, 1.165) is 4.31 Å². The molecule has 9 heteroatoms. The minimum Gasteiger partial charge on any atom is -0.480 e. The van der Waals surface area contributed by atoms with Crippen LogP contribution in [0.25, 0.3) is 10.9 Å². The molecule has 2 N–H and O–H groups in total. The van der Waals surface area contributed by atoms with Crippen LogP contribution in [0.4, 0.5) is 0 Å². The number of rotatable bonds is 7. The molecule has 1 aromatic carbocycles. The molecule has 1 amide bonds. The lowest BCUT2D eigenvalue weighted by molar-refractivity contribution is -0.140. The molecule has 2 rings (SSSR count). The number of carboxylic acid groups (broad SMARTS) is 1. The molecule has 0 saturated carbocycles. The lowest BCUT2D eigenvalue weighted by atomic mass is 10.2. The third kappa shape index (κ3) is 4.31. The first-order chi connectivity index (χ1) is 11.7. The molecular formula is C16H19N3O5S. The first kappa shape index (κ1) is 18.8. The van der Waals surface area contributed by atoms with Gasteiger partial charge in [0.15, 0.2) is 0 Å². The Morgan fingerprint density at radius 3 is 2.68 bits per heavy atom. The summed E-state index contributed by atoms with van der Waals surface area (Å²) in [6.07, 6.45) is 1.60. The molecule has 1 atom stereocenters. The Hall–Kier alpha value is -2.52. The SMILES string of the molecule is CC(=O)NCCN(C(C)C(=O)O)S(=O)(=O)c1ccc2ncccc2c1. The Morgan fingerprint density at radius 2 is 2.04 bits per heavy atom. The molecule has 0 saturated heterocycles. The van der Waals surface area contributed by atoms with E-state index in [-0.39, 0.29) is 23.9 Å². The number of amides is 1. The fraction of sp³-hybridized carbons (Fsp3) is 0.312. The Bertz CT molecular complexity index is 898. The molecule has 134 valence electrons. The van der Waals surface area contributed by atoms with Gasteiger partial charge < -0.3 is 10.4 Å². The summed E-state index contributed by atoms with van der Waals surface area (Å²) in [6.45, 7) is 2.45. The maximum absolute atomic E-state index is 12.9. The van der Waals surface area contributed by atoms with Crippen molar-refractivity contribution in [1.29, 1.82) is 0 Å². The molecule has 2 aromatic rings. The first-order valence-electron chi connectivity index (χ1n) is 7.57. The Balaban J connectivity index is 2.40. The number of benzene rings is 1. The van der Waals surface area contributed by atoms with Gasteiger partial charge in [-0.2, -0.15) is 4.31 Å².